The molecule has 10 heteroatoms. The van der Waals surface area contributed by atoms with E-state index in [0.717, 1.165) is 42.7 Å². The molecule has 0 radical (unpaired) electrons. The van der Waals surface area contributed by atoms with Crippen LogP contribution in [0.3, 0.4) is 0 Å². The molecule has 1 aromatic rings. The van der Waals surface area contributed by atoms with Gasteiger partial charge in [-0.1, -0.05) is 12.8 Å². The second-order valence-corrected chi connectivity index (χ2v) is 8.08. The summed E-state index contributed by atoms with van der Waals surface area (Å²) in [6, 6.07) is 2.60. The van der Waals surface area contributed by atoms with Crippen molar-refractivity contribution < 1.29 is 27.6 Å². The first kappa shape index (κ1) is 20.5. The molecule has 0 bridgehead atoms. The maximum Gasteiger partial charge on any atom is 0.416 e. The number of imide groups is 1. The number of urea groups is 1. The number of carbonyl (C=O) groups excluding carboxylic acids is 3. The third kappa shape index (κ3) is 3.70. The zero-order valence-corrected chi connectivity index (χ0v) is 16.3. The second kappa shape index (κ2) is 7.48. The van der Waals surface area contributed by atoms with Gasteiger partial charge in [0.05, 0.1) is 16.9 Å². The Labute approximate surface area is 171 Å². The fourth-order valence-corrected chi connectivity index (χ4v) is 4.52. The van der Waals surface area contributed by atoms with Gasteiger partial charge in [0.15, 0.2) is 0 Å². The SMILES string of the molecule is O=C(CN1C(=O)NC2(CCCC2)C1=O)Nc1cc(C(F)(F)F)ccc1N1CCCC1. The Balaban J connectivity index is 1.53. The molecule has 0 unspecified atom stereocenters. The minimum Gasteiger partial charge on any atom is -0.370 e. The summed E-state index contributed by atoms with van der Waals surface area (Å²) < 4.78 is 39.5. The van der Waals surface area contributed by atoms with Crippen LogP contribution in [0.4, 0.5) is 29.3 Å². The smallest absolute Gasteiger partial charge is 0.370 e. The lowest BCUT2D eigenvalue weighted by molar-refractivity contribution is -0.137. The Hall–Kier alpha value is -2.78. The normalized spacial score (nSPS) is 20.9. The first-order valence-corrected chi connectivity index (χ1v) is 10.1. The third-order valence-corrected chi connectivity index (χ3v) is 6.05. The van der Waals surface area contributed by atoms with Crippen LogP contribution in [0.2, 0.25) is 0 Å². The molecule has 2 saturated heterocycles. The molecule has 3 fully saturated rings. The molecular weight excluding hydrogens is 401 g/mol. The number of benzene rings is 1. The number of anilines is 2. The van der Waals surface area contributed by atoms with Gasteiger partial charge >= 0.3 is 12.2 Å². The molecule has 0 atom stereocenters. The zero-order chi connectivity index (χ0) is 21.5. The Morgan fingerprint density at radius 3 is 2.40 bits per heavy atom. The number of carbonyl (C=O) groups is 3. The lowest BCUT2D eigenvalue weighted by Crippen LogP contribution is -2.44. The van der Waals surface area contributed by atoms with Gasteiger partial charge in [0.2, 0.25) is 5.91 Å². The summed E-state index contributed by atoms with van der Waals surface area (Å²) >= 11 is 0. The van der Waals surface area contributed by atoms with Crippen LogP contribution >= 0.6 is 0 Å². The van der Waals surface area contributed by atoms with E-state index in [1.165, 1.54) is 6.07 Å². The van der Waals surface area contributed by atoms with Gasteiger partial charge in [-0.15, -0.1) is 0 Å². The fourth-order valence-electron chi connectivity index (χ4n) is 4.52. The molecule has 1 aliphatic carbocycles. The molecule has 4 rings (SSSR count). The molecular formula is C20H23F3N4O3. The van der Waals surface area contributed by atoms with Crippen molar-refractivity contribution in [3.8, 4) is 0 Å². The number of halogens is 3. The highest BCUT2D eigenvalue weighted by atomic mass is 19.4. The van der Waals surface area contributed by atoms with Crippen LogP contribution in [-0.4, -0.2) is 47.9 Å². The second-order valence-electron chi connectivity index (χ2n) is 8.08. The number of nitrogens with zero attached hydrogens (tertiary/aromatic N) is 2. The number of nitrogens with one attached hydrogen (secondary N) is 2. The Morgan fingerprint density at radius 1 is 1.10 bits per heavy atom. The zero-order valence-electron chi connectivity index (χ0n) is 16.3. The van der Waals surface area contributed by atoms with Crippen LogP contribution in [0.1, 0.15) is 44.1 Å². The Morgan fingerprint density at radius 2 is 1.77 bits per heavy atom. The van der Waals surface area contributed by atoms with Crippen molar-refractivity contribution in [1.82, 2.24) is 10.2 Å². The van der Waals surface area contributed by atoms with E-state index in [1.54, 1.807) is 0 Å². The van der Waals surface area contributed by atoms with Crippen molar-refractivity contribution in [2.75, 3.05) is 29.9 Å². The average Bonchev–Trinajstić information content (AvgIpc) is 3.41. The molecule has 2 heterocycles. The summed E-state index contributed by atoms with van der Waals surface area (Å²) in [6.45, 7) is 0.829. The van der Waals surface area contributed by atoms with Gasteiger partial charge in [0, 0.05) is 13.1 Å². The predicted octanol–water partition coefficient (Wildman–Crippen LogP) is 3.11. The third-order valence-electron chi connectivity index (χ3n) is 6.05. The molecule has 3 aliphatic rings. The number of rotatable bonds is 4. The first-order valence-electron chi connectivity index (χ1n) is 10.1. The topological polar surface area (TPSA) is 81.8 Å². The van der Waals surface area contributed by atoms with E-state index in [-0.39, 0.29) is 5.69 Å². The van der Waals surface area contributed by atoms with E-state index in [1.807, 2.05) is 4.90 Å². The molecule has 2 aliphatic heterocycles. The Bertz CT molecular complexity index is 875. The fraction of sp³-hybridized carbons (Fsp3) is 0.550. The number of amides is 4. The predicted molar refractivity (Wildman–Crippen MR) is 103 cm³/mol. The van der Waals surface area contributed by atoms with Crippen LogP contribution < -0.4 is 15.5 Å². The Kier molecular flexibility index (Phi) is 5.11. The molecule has 7 nitrogen and oxygen atoms in total. The van der Waals surface area contributed by atoms with E-state index >= 15 is 0 Å². The van der Waals surface area contributed by atoms with Crippen LogP contribution in [0.15, 0.2) is 18.2 Å². The van der Waals surface area contributed by atoms with Gasteiger partial charge in [0.25, 0.3) is 5.91 Å². The maximum atomic E-state index is 13.2. The highest BCUT2D eigenvalue weighted by molar-refractivity contribution is 6.10. The van der Waals surface area contributed by atoms with Crippen LogP contribution in [0, 0.1) is 0 Å². The van der Waals surface area contributed by atoms with Gasteiger partial charge in [-0.05, 0) is 43.9 Å². The largest absolute Gasteiger partial charge is 0.416 e. The van der Waals surface area contributed by atoms with Gasteiger partial charge < -0.3 is 15.5 Å². The summed E-state index contributed by atoms with van der Waals surface area (Å²) in [5.74, 6) is -1.16. The molecule has 1 saturated carbocycles. The maximum absolute atomic E-state index is 13.2. The van der Waals surface area contributed by atoms with E-state index in [4.69, 9.17) is 0 Å². The summed E-state index contributed by atoms with van der Waals surface area (Å²) in [5, 5.41) is 5.18. The van der Waals surface area contributed by atoms with E-state index in [9.17, 15) is 27.6 Å². The molecule has 1 spiro atoms. The van der Waals surface area contributed by atoms with Crippen LogP contribution in [0.5, 0.6) is 0 Å². The minimum absolute atomic E-state index is 0.0272. The highest BCUT2D eigenvalue weighted by Gasteiger charge is 2.52. The highest BCUT2D eigenvalue weighted by Crippen LogP contribution is 2.37. The summed E-state index contributed by atoms with van der Waals surface area (Å²) in [5.41, 5.74) is -1.29. The minimum atomic E-state index is -4.55. The lowest BCUT2D eigenvalue weighted by atomic mass is 9.98. The van der Waals surface area contributed by atoms with Crippen molar-refractivity contribution in [3.63, 3.8) is 0 Å². The van der Waals surface area contributed by atoms with Crippen LogP contribution in [-0.2, 0) is 15.8 Å². The molecule has 4 amide bonds. The monoisotopic (exact) mass is 424 g/mol. The summed E-state index contributed by atoms with van der Waals surface area (Å²) in [7, 11) is 0. The number of hydrogen-bond acceptors (Lipinski definition) is 4. The van der Waals surface area contributed by atoms with Crippen molar-refractivity contribution in [2.45, 2.75) is 50.2 Å². The van der Waals surface area contributed by atoms with E-state index < -0.39 is 41.7 Å². The van der Waals surface area contributed by atoms with Gasteiger partial charge in [0.1, 0.15) is 12.1 Å². The summed E-state index contributed by atoms with van der Waals surface area (Å²) in [4.78, 5) is 40.3. The molecule has 1 aromatic carbocycles. The molecule has 30 heavy (non-hydrogen) atoms. The van der Waals surface area contributed by atoms with E-state index in [0.29, 0.717) is 31.6 Å². The lowest BCUT2D eigenvalue weighted by Gasteiger charge is -2.23. The van der Waals surface area contributed by atoms with Crippen molar-refractivity contribution >= 4 is 29.2 Å². The van der Waals surface area contributed by atoms with Gasteiger partial charge in [-0.25, -0.2) is 4.79 Å². The number of alkyl halides is 3. The van der Waals surface area contributed by atoms with Gasteiger partial charge in [-0.2, -0.15) is 13.2 Å². The van der Waals surface area contributed by atoms with Crippen molar-refractivity contribution in [2.24, 2.45) is 0 Å². The number of hydrogen-bond donors (Lipinski definition) is 2. The summed E-state index contributed by atoms with van der Waals surface area (Å²) in [6.07, 6.45) is -0.0314. The van der Waals surface area contributed by atoms with Crippen molar-refractivity contribution in [1.29, 1.82) is 0 Å². The molecule has 0 aromatic heterocycles. The quantitative estimate of drug-likeness (QED) is 0.728. The van der Waals surface area contributed by atoms with Gasteiger partial charge in [-0.3, -0.25) is 14.5 Å². The standard InChI is InChI=1S/C20H23F3N4O3/c21-20(22,23)13-5-6-15(26-9-3-4-10-26)14(11-13)24-16(28)12-27-17(29)19(25-18(27)30)7-1-2-8-19/h5-6,11H,1-4,7-10,12H2,(H,24,28)(H,25,30). The first-order chi connectivity index (χ1) is 14.2. The van der Waals surface area contributed by atoms with E-state index in [2.05, 4.69) is 10.6 Å². The van der Waals surface area contributed by atoms with Crippen LogP contribution in [0.25, 0.3) is 0 Å². The molecule has 162 valence electrons. The average molecular weight is 424 g/mol. The van der Waals surface area contributed by atoms with Crippen molar-refractivity contribution in [3.05, 3.63) is 23.8 Å². The molecule has 2 N–H and O–H groups in total.